The van der Waals surface area contributed by atoms with Gasteiger partial charge in [0.2, 0.25) is 0 Å². The molecule has 0 radical (unpaired) electrons. The van der Waals surface area contributed by atoms with Crippen LogP contribution in [0.2, 0.25) is 5.02 Å². The number of carbonyl (C=O) groups excluding carboxylic acids is 1. The van der Waals surface area contributed by atoms with Crippen LogP contribution in [0.25, 0.3) is 6.08 Å². The zero-order valence-corrected chi connectivity index (χ0v) is 16.6. The number of rotatable bonds is 3. The molecule has 1 heterocycles. The molecule has 0 atom stereocenters. The van der Waals surface area contributed by atoms with Crippen molar-refractivity contribution in [2.45, 2.75) is 32.7 Å². The average molecular weight is 385 g/mol. The Bertz CT molecular complexity index is 864. The number of carbonyl (C=O) groups is 1. The summed E-state index contributed by atoms with van der Waals surface area (Å²) in [5.74, 6) is -0.177. The number of hydrogen-bond acceptors (Lipinski definition) is 2. The quantitative estimate of drug-likeness (QED) is 0.603. The smallest absolute Gasteiger partial charge is 0.274 e. The number of thiocarbonyl (C=S) groups is 1. The molecule has 1 saturated heterocycles. The van der Waals surface area contributed by atoms with Crippen molar-refractivity contribution < 1.29 is 4.79 Å². The third kappa shape index (κ3) is 4.14. The molecule has 1 aliphatic heterocycles. The summed E-state index contributed by atoms with van der Waals surface area (Å²) in [7, 11) is 0. The summed E-state index contributed by atoms with van der Waals surface area (Å²) in [5, 5.41) is 3.83. The molecule has 1 aliphatic rings. The summed E-state index contributed by atoms with van der Waals surface area (Å²) in [6, 6.07) is 15.8. The number of nitrogens with one attached hydrogen (secondary N) is 1. The zero-order valence-electron chi connectivity index (χ0n) is 15.0. The lowest BCUT2D eigenvalue weighted by Gasteiger charge is -2.19. The van der Waals surface area contributed by atoms with Gasteiger partial charge in [-0.15, -0.1) is 0 Å². The van der Waals surface area contributed by atoms with Crippen molar-refractivity contribution in [3.8, 4) is 0 Å². The van der Waals surface area contributed by atoms with Gasteiger partial charge in [0.1, 0.15) is 5.70 Å². The van der Waals surface area contributed by atoms with Crippen LogP contribution in [0.3, 0.4) is 0 Å². The first kappa shape index (κ1) is 18.6. The summed E-state index contributed by atoms with van der Waals surface area (Å²) in [4.78, 5) is 14.2. The largest absolute Gasteiger partial charge is 0.309 e. The molecule has 1 amide bonds. The van der Waals surface area contributed by atoms with Gasteiger partial charge >= 0.3 is 0 Å². The van der Waals surface area contributed by atoms with E-state index >= 15 is 0 Å². The Morgan fingerprint density at radius 2 is 1.69 bits per heavy atom. The first-order valence-corrected chi connectivity index (χ1v) is 9.22. The maximum Gasteiger partial charge on any atom is 0.274 e. The Hall–Kier alpha value is -2.17. The van der Waals surface area contributed by atoms with E-state index in [1.807, 2.05) is 47.4 Å². The van der Waals surface area contributed by atoms with E-state index in [0.717, 1.165) is 11.1 Å². The van der Waals surface area contributed by atoms with Crippen LogP contribution in [0.5, 0.6) is 0 Å². The lowest BCUT2D eigenvalue weighted by atomic mass is 9.86. The maximum absolute atomic E-state index is 12.3. The van der Waals surface area contributed by atoms with Gasteiger partial charge in [0.25, 0.3) is 5.91 Å². The fourth-order valence-electron chi connectivity index (χ4n) is 2.77. The molecule has 2 aromatic rings. The third-order valence-electron chi connectivity index (χ3n) is 4.32. The first-order chi connectivity index (χ1) is 12.2. The zero-order chi connectivity index (χ0) is 18.9. The van der Waals surface area contributed by atoms with Gasteiger partial charge in [0.15, 0.2) is 5.11 Å². The summed E-state index contributed by atoms with van der Waals surface area (Å²) >= 11 is 11.3. The average Bonchev–Trinajstić information content (AvgIpc) is 2.83. The van der Waals surface area contributed by atoms with Gasteiger partial charge in [-0.05, 0) is 52.5 Å². The number of benzene rings is 2. The van der Waals surface area contributed by atoms with Crippen LogP contribution in [-0.4, -0.2) is 15.9 Å². The van der Waals surface area contributed by atoms with Crippen LogP contribution in [0, 0.1) is 0 Å². The maximum atomic E-state index is 12.3. The van der Waals surface area contributed by atoms with E-state index in [1.165, 1.54) is 5.56 Å². The van der Waals surface area contributed by atoms with Crippen LogP contribution in [0.4, 0.5) is 0 Å². The predicted octanol–water partition coefficient (Wildman–Crippen LogP) is 4.90. The fraction of sp³-hybridized carbons (Fsp3) is 0.238. The molecular weight excluding hydrogens is 364 g/mol. The van der Waals surface area contributed by atoms with Crippen molar-refractivity contribution in [2.24, 2.45) is 0 Å². The van der Waals surface area contributed by atoms with Gasteiger partial charge in [0.05, 0.1) is 6.54 Å². The van der Waals surface area contributed by atoms with E-state index in [9.17, 15) is 4.79 Å². The Morgan fingerprint density at radius 3 is 2.27 bits per heavy atom. The molecule has 1 N–H and O–H groups in total. The minimum absolute atomic E-state index is 0.0958. The van der Waals surface area contributed by atoms with Crippen molar-refractivity contribution in [2.75, 3.05) is 0 Å². The van der Waals surface area contributed by atoms with Crippen LogP contribution in [0.15, 0.2) is 54.2 Å². The van der Waals surface area contributed by atoms with E-state index in [4.69, 9.17) is 23.8 Å². The highest BCUT2D eigenvalue weighted by molar-refractivity contribution is 7.80. The van der Waals surface area contributed by atoms with Crippen LogP contribution in [0.1, 0.15) is 37.5 Å². The van der Waals surface area contributed by atoms with Crippen LogP contribution in [-0.2, 0) is 16.8 Å². The Kier molecular flexibility index (Phi) is 5.17. The van der Waals surface area contributed by atoms with E-state index in [2.05, 4.69) is 38.2 Å². The van der Waals surface area contributed by atoms with Gasteiger partial charge in [-0.3, -0.25) is 10.1 Å². The highest BCUT2D eigenvalue weighted by atomic mass is 35.5. The second-order valence-electron chi connectivity index (χ2n) is 7.37. The second-order valence-corrected chi connectivity index (χ2v) is 8.20. The molecule has 0 spiro atoms. The van der Waals surface area contributed by atoms with E-state index in [1.54, 1.807) is 0 Å². The molecule has 3 nitrogen and oxygen atoms in total. The van der Waals surface area contributed by atoms with Crippen molar-refractivity contribution in [1.29, 1.82) is 0 Å². The molecule has 2 aromatic carbocycles. The molecule has 5 heteroatoms. The molecule has 26 heavy (non-hydrogen) atoms. The van der Waals surface area contributed by atoms with Crippen LogP contribution < -0.4 is 5.32 Å². The predicted molar refractivity (Wildman–Crippen MR) is 111 cm³/mol. The standard InChI is InChI=1S/C21H21ClN2OS/c1-21(2,3)16-8-4-14(5-9-16)12-18-19(25)23-20(26)24(18)13-15-6-10-17(22)11-7-15/h4-12H,13H2,1-3H3,(H,23,25,26)/b18-12+. The van der Waals surface area contributed by atoms with Crippen LogP contribution >= 0.6 is 23.8 Å². The number of nitrogens with zero attached hydrogens (tertiary/aromatic N) is 1. The molecular formula is C21H21ClN2OS. The van der Waals surface area contributed by atoms with Crippen molar-refractivity contribution in [3.63, 3.8) is 0 Å². The van der Waals surface area contributed by atoms with Gasteiger partial charge in [-0.25, -0.2) is 0 Å². The Labute approximate surface area is 164 Å². The van der Waals surface area contributed by atoms with E-state index < -0.39 is 0 Å². The summed E-state index contributed by atoms with van der Waals surface area (Å²) in [5.41, 5.74) is 3.90. The number of hydrogen-bond donors (Lipinski definition) is 1. The monoisotopic (exact) mass is 384 g/mol. The molecule has 0 saturated carbocycles. The highest BCUT2D eigenvalue weighted by Gasteiger charge is 2.30. The fourth-order valence-corrected chi connectivity index (χ4v) is 3.15. The molecule has 1 fully saturated rings. The minimum Gasteiger partial charge on any atom is -0.309 e. The normalized spacial score (nSPS) is 16.3. The summed E-state index contributed by atoms with van der Waals surface area (Å²) < 4.78 is 0. The van der Waals surface area contributed by atoms with Gasteiger partial charge in [-0.1, -0.05) is 68.8 Å². The number of halogens is 1. The van der Waals surface area contributed by atoms with Gasteiger partial charge in [-0.2, -0.15) is 0 Å². The number of amides is 1. The topological polar surface area (TPSA) is 32.3 Å². The summed E-state index contributed by atoms with van der Waals surface area (Å²) in [6.45, 7) is 7.05. The molecule has 0 unspecified atom stereocenters. The Balaban J connectivity index is 1.87. The summed E-state index contributed by atoms with van der Waals surface area (Å²) in [6.07, 6.45) is 1.87. The lowest BCUT2D eigenvalue weighted by Crippen LogP contribution is -2.26. The molecule has 134 valence electrons. The first-order valence-electron chi connectivity index (χ1n) is 8.43. The Morgan fingerprint density at radius 1 is 1.08 bits per heavy atom. The molecule has 3 rings (SSSR count). The second kappa shape index (κ2) is 7.22. The van der Waals surface area contributed by atoms with Gasteiger partial charge in [0, 0.05) is 5.02 Å². The lowest BCUT2D eigenvalue weighted by molar-refractivity contribution is -0.115. The molecule has 0 aliphatic carbocycles. The highest BCUT2D eigenvalue weighted by Crippen LogP contribution is 2.24. The van der Waals surface area contributed by atoms with Crippen molar-refractivity contribution in [1.82, 2.24) is 10.2 Å². The minimum atomic E-state index is -0.177. The van der Waals surface area contributed by atoms with Gasteiger partial charge < -0.3 is 4.90 Å². The van der Waals surface area contributed by atoms with Crippen molar-refractivity contribution >= 4 is 40.9 Å². The SMILES string of the molecule is CC(C)(C)c1ccc(/C=C2\C(=O)NC(=S)N2Cc2ccc(Cl)cc2)cc1. The molecule has 0 bridgehead atoms. The van der Waals surface area contributed by atoms with E-state index in [0.29, 0.717) is 22.4 Å². The van der Waals surface area contributed by atoms with Crippen molar-refractivity contribution in [3.05, 3.63) is 75.9 Å². The van der Waals surface area contributed by atoms with E-state index in [-0.39, 0.29) is 11.3 Å². The molecule has 0 aromatic heterocycles. The third-order valence-corrected chi connectivity index (χ3v) is 4.90.